The fourth-order valence-corrected chi connectivity index (χ4v) is 0.657. The molecule has 0 bridgehead atoms. The third kappa shape index (κ3) is 4.47. The maximum atomic E-state index is 11.1. The Morgan fingerprint density at radius 3 is 2.46 bits per heavy atom. The molecule has 0 aliphatic rings. The molecule has 2 unspecified atom stereocenters. The minimum absolute atomic E-state index is 0.111. The molecule has 0 rings (SSSR count). The molecule has 4 N–H and O–H groups in total. The maximum Gasteiger partial charge on any atom is 0.248 e. The second kappa shape index (κ2) is 5.53. The highest BCUT2D eigenvalue weighted by Crippen LogP contribution is 1.99. The van der Waals surface area contributed by atoms with Gasteiger partial charge in [0.1, 0.15) is 6.10 Å². The molecule has 0 aromatic carbocycles. The Labute approximate surface area is 77.3 Å². The lowest BCUT2D eigenvalue weighted by molar-refractivity contribution is -0.128. The lowest BCUT2D eigenvalue weighted by atomic mass is 10.1. The third-order valence-electron chi connectivity index (χ3n) is 1.86. The highest BCUT2D eigenvalue weighted by molar-refractivity contribution is 5.81. The number of aliphatic hydroxyl groups is 1. The summed E-state index contributed by atoms with van der Waals surface area (Å²) in [6, 6.07) is 0. The van der Waals surface area contributed by atoms with Crippen molar-refractivity contribution in [3.8, 4) is 0 Å². The molecule has 5 nitrogen and oxygen atoms in total. The quantitative estimate of drug-likeness (QED) is 0.516. The number of nitrogens with one attached hydrogen (secondary N) is 1. The summed E-state index contributed by atoms with van der Waals surface area (Å²) in [6.07, 6.45) is -0.577. The van der Waals surface area contributed by atoms with Crippen LogP contribution in [0.4, 0.5) is 0 Å². The molecule has 0 fully saturated rings. The molecular formula is C8H16N2O3. The summed E-state index contributed by atoms with van der Waals surface area (Å²) in [6.45, 7) is 3.54. The van der Waals surface area contributed by atoms with Gasteiger partial charge in [-0.1, -0.05) is 13.8 Å². The number of rotatable bonds is 5. The van der Waals surface area contributed by atoms with Crippen molar-refractivity contribution >= 4 is 11.8 Å². The predicted molar refractivity (Wildman–Crippen MR) is 47.7 cm³/mol. The van der Waals surface area contributed by atoms with E-state index in [4.69, 9.17) is 10.8 Å². The van der Waals surface area contributed by atoms with Gasteiger partial charge in [-0.25, -0.2) is 0 Å². The van der Waals surface area contributed by atoms with Crippen molar-refractivity contribution in [1.29, 1.82) is 0 Å². The van der Waals surface area contributed by atoms with Crippen LogP contribution in [-0.2, 0) is 9.59 Å². The number of aliphatic hydroxyl groups excluding tert-OH is 1. The lowest BCUT2D eigenvalue weighted by Gasteiger charge is -2.11. The van der Waals surface area contributed by atoms with Crippen molar-refractivity contribution in [2.24, 2.45) is 11.7 Å². The van der Waals surface area contributed by atoms with Crippen LogP contribution in [0.3, 0.4) is 0 Å². The number of carbonyl (C=O) groups is 2. The van der Waals surface area contributed by atoms with Crippen molar-refractivity contribution in [3.05, 3.63) is 0 Å². The molecule has 2 amide bonds. The minimum atomic E-state index is -1.30. The van der Waals surface area contributed by atoms with Gasteiger partial charge < -0.3 is 16.2 Å². The summed E-state index contributed by atoms with van der Waals surface area (Å²) in [5.41, 5.74) is 4.79. The molecule has 0 aromatic heterocycles. The van der Waals surface area contributed by atoms with Gasteiger partial charge in [-0.05, 0) is 6.42 Å². The first-order valence-electron chi connectivity index (χ1n) is 4.24. The van der Waals surface area contributed by atoms with Crippen LogP contribution >= 0.6 is 0 Å². The van der Waals surface area contributed by atoms with Gasteiger partial charge in [-0.15, -0.1) is 0 Å². The van der Waals surface area contributed by atoms with Crippen LogP contribution in [-0.4, -0.2) is 29.6 Å². The van der Waals surface area contributed by atoms with E-state index < -0.39 is 12.0 Å². The fraction of sp³-hybridized carbons (Fsp3) is 0.750. The summed E-state index contributed by atoms with van der Waals surface area (Å²) in [5, 5.41) is 11.4. The van der Waals surface area contributed by atoms with Gasteiger partial charge in [0, 0.05) is 5.92 Å². The van der Waals surface area contributed by atoms with Gasteiger partial charge >= 0.3 is 0 Å². The molecule has 13 heavy (non-hydrogen) atoms. The highest BCUT2D eigenvalue weighted by atomic mass is 16.3. The first kappa shape index (κ1) is 11.9. The molecule has 0 radical (unpaired) electrons. The van der Waals surface area contributed by atoms with Gasteiger partial charge in [-0.3, -0.25) is 9.59 Å². The average Bonchev–Trinajstić information content (AvgIpc) is 2.11. The highest BCUT2D eigenvalue weighted by Gasteiger charge is 2.14. The summed E-state index contributed by atoms with van der Waals surface area (Å²) in [5.74, 6) is -1.12. The number of carbonyl (C=O) groups excluding carboxylic acids is 2. The molecule has 0 heterocycles. The Morgan fingerprint density at radius 1 is 1.54 bits per heavy atom. The van der Waals surface area contributed by atoms with E-state index >= 15 is 0 Å². The Kier molecular flexibility index (Phi) is 5.06. The van der Waals surface area contributed by atoms with Crippen molar-refractivity contribution in [3.63, 3.8) is 0 Å². The van der Waals surface area contributed by atoms with Gasteiger partial charge in [0.2, 0.25) is 11.8 Å². The van der Waals surface area contributed by atoms with Crippen LogP contribution < -0.4 is 11.1 Å². The zero-order valence-electron chi connectivity index (χ0n) is 7.91. The Balaban J connectivity index is 3.76. The van der Waals surface area contributed by atoms with E-state index in [1.807, 2.05) is 6.92 Å². The van der Waals surface area contributed by atoms with E-state index in [0.29, 0.717) is 0 Å². The normalized spacial score (nSPS) is 14.7. The average molecular weight is 188 g/mol. The number of amides is 2. The van der Waals surface area contributed by atoms with Gasteiger partial charge in [0.15, 0.2) is 0 Å². The molecule has 76 valence electrons. The predicted octanol–water partition coefficient (Wildman–Crippen LogP) is -1.01. The van der Waals surface area contributed by atoms with Crippen LogP contribution in [0.2, 0.25) is 0 Å². The molecule has 0 aliphatic heterocycles. The summed E-state index contributed by atoms with van der Waals surface area (Å²) < 4.78 is 0. The molecule has 5 heteroatoms. The topological polar surface area (TPSA) is 92.4 Å². The van der Waals surface area contributed by atoms with Crippen molar-refractivity contribution in [2.75, 3.05) is 6.54 Å². The standard InChI is InChI=1S/C8H16N2O3/c1-3-5(2)8(13)10-4-6(11)7(9)12/h5-6,11H,3-4H2,1-2H3,(H2,9,12)(H,10,13). The maximum absolute atomic E-state index is 11.1. The lowest BCUT2D eigenvalue weighted by Crippen LogP contribution is -2.41. The number of hydrogen-bond donors (Lipinski definition) is 3. The molecule has 0 spiro atoms. The SMILES string of the molecule is CCC(C)C(=O)NCC(O)C(N)=O. The molecule has 0 saturated carbocycles. The van der Waals surface area contributed by atoms with E-state index in [2.05, 4.69) is 5.32 Å². The van der Waals surface area contributed by atoms with E-state index in [0.717, 1.165) is 6.42 Å². The third-order valence-corrected chi connectivity index (χ3v) is 1.86. The summed E-state index contributed by atoms with van der Waals surface area (Å²) in [7, 11) is 0. The molecule has 0 aliphatic carbocycles. The van der Waals surface area contributed by atoms with Gasteiger partial charge in [0.05, 0.1) is 6.54 Å². The Morgan fingerprint density at radius 2 is 2.08 bits per heavy atom. The van der Waals surface area contributed by atoms with Crippen LogP contribution in [0, 0.1) is 5.92 Å². The summed E-state index contributed by atoms with van der Waals surface area (Å²) in [4.78, 5) is 21.5. The van der Waals surface area contributed by atoms with Gasteiger partial charge in [-0.2, -0.15) is 0 Å². The second-order valence-electron chi connectivity index (χ2n) is 2.97. The Hall–Kier alpha value is -1.10. The van der Waals surface area contributed by atoms with Crippen LogP contribution in [0.15, 0.2) is 0 Å². The van der Waals surface area contributed by atoms with E-state index in [1.54, 1.807) is 6.92 Å². The Bertz CT molecular complexity index is 194. The summed E-state index contributed by atoms with van der Waals surface area (Å²) >= 11 is 0. The first-order chi connectivity index (χ1) is 5.99. The molecule has 0 aromatic rings. The monoisotopic (exact) mass is 188 g/mol. The van der Waals surface area contributed by atoms with Crippen LogP contribution in [0.5, 0.6) is 0 Å². The van der Waals surface area contributed by atoms with Gasteiger partial charge in [0.25, 0.3) is 0 Å². The largest absolute Gasteiger partial charge is 0.381 e. The number of nitrogens with two attached hydrogens (primary N) is 1. The van der Waals surface area contributed by atoms with E-state index in [1.165, 1.54) is 0 Å². The molecule has 0 saturated heterocycles. The first-order valence-corrected chi connectivity index (χ1v) is 4.24. The number of primary amides is 1. The minimum Gasteiger partial charge on any atom is -0.381 e. The van der Waals surface area contributed by atoms with Crippen LogP contribution in [0.25, 0.3) is 0 Å². The van der Waals surface area contributed by atoms with Crippen molar-refractivity contribution in [2.45, 2.75) is 26.4 Å². The zero-order valence-corrected chi connectivity index (χ0v) is 7.91. The fourth-order valence-electron chi connectivity index (χ4n) is 0.657. The zero-order chi connectivity index (χ0) is 10.4. The molecular weight excluding hydrogens is 172 g/mol. The second-order valence-corrected chi connectivity index (χ2v) is 2.97. The number of hydrogen-bond acceptors (Lipinski definition) is 3. The van der Waals surface area contributed by atoms with Crippen molar-refractivity contribution in [1.82, 2.24) is 5.32 Å². The van der Waals surface area contributed by atoms with E-state index in [9.17, 15) is 9.59 Å². The molecule has 2 atom stereocenters. The smallest absolute Gasteiger partial charge is 0.248 e. The van der Waals surface area contributed by atoms with Crippen molar-refractivity contribution < 1.29 is 14.7 Å². The van der Waals surface area contributed by atoms with Crippen LogP contribution in [0.1, 0.15) is 20.3 Å². The van der Waals surface area contributed by atoms with E-state index in [-0.39, 0.29) is 18.4 Å².